The zero-order valence-electron chi connectivity index (χ0n) is 52.1. The molecule has 10 aliphatic carbocycles. The summed E-state index contributed by atoms with van der Waals surface area (Å²) in [5, 5.41) is 55.2. The summed E-state index contributed by atoms with van der Waals surface area (Å²) < 4.78 is 21.4. The minimum atomic E-state index is -1.97. The van der Waals surface area contributed by atoms with E-state index in [-0.39, 0.29) is 70.6 Å². The van der Waals surface area contributed by atoms with E-state index in [1.165, 1.54) is 57.8 Å². The van der Waals surface area contributed by atoms with Gasteiger partial charge in [0.05, 0.1) is 42.2 Å². The molecule has 0 aromatic heterocycles. The fraction of sp³-hybridized carbons (Fsp3) is 0.985. The van der Waals surface area contributed by atoms with Gasteiger partial charge in [-0.2, -0.15) is 0 Å². The SMILES string of the molecule is C.CC[Si](CC)(CC)O[C@H]1[C@H]2O[C@@H](C(=O)C(C)(C)O)C[C@@H](C)[C@@H]2[C@@]2(C)CC[C@@]34CC35CC[C@H](C)C(C)(C)[C@@H]5CC[C@H]4[C@]12C.C[C@@H]1C[C@H]([C@@H](O)C(C)(C)O)O[C@H]2[C@H]1[C@@]1(C)CC[C@@]34CC35CC[C@H](O)C(C)(C)[C@@H]5CC[C@H]4[C@]1(C)[C@H]2O. The van der Waals surface area contributed by atoms with E-state index in [2.05, 4.69) is 96.9 Å². The van der Waals surface area contributed by atoms with Crippen LogP contribution in [0.2, 0.25) is 18.1 Å². The normalized spacial score (nSPS) is 54.1. The average molecular weight is 1110 g/mol. The van der Waals surface area contributed by atoms with Gasteiger partial charge in [-0.3, -0.25) is 4.79 Å². The van der Waals surface area contributed by atoms with Crippen molar-refractivity contribution >= 4 is 14.1 Å². The highest BCUT2D eigenvalue weighted by atomic mass is 28.4. The van der Waals surface area contributed by atoms with Crippen molar-refractivity contribution in [3.8, 4) is 0 Å². The number of ketones is 1. The van der Waals surface area contributed by atoms with Gasteiger partial charge in [0, 0.05) is 10.8 Å². The molecule has 10 saturated carbocycles. The fourth-order valence-electron chi connectivity index (χ4n) is 25.4. The largest absolute Gasteiger partial charge is 0.411 e. The monoisotopic (exact) mass is 1110 g/mol. The molecule has 2 saturated heterocycles. The van der Waals surface area contributed by atoms with Crippen molar-refractivity contribution < 1.29 is 44.2 Å². The van der Waals surface area contributed by atoms with Crippen LogP contribution in [-0.2, 0) is 18.7 Å². The topological polar surface area (TPSA) is 146 Å². The van der Waals surface area contributed by atoms with Crippen molar-refractivity contribution in [2.24, 2.45) is 107 Å². The van der Waals surface area contributed by atoms with E-state index in [9.17, 15) is 30.3 Å². The molecule has 2 unspecified atom stereocenters. The summed E-state index contributed by atoms with van der Waals surface area (Å²) in [6.45, 7) is 40.7. The van der Waals surface area contributed by atoms with E-state index in [1.54, 1.807) is 27.7 Å². The maximum atomic E-state index is 13.5. The molecule has 12 aliphatic rings. The quantitative estimate of drug-likeness (QED) is 0.142. The molecule has 0 aromatic rings. The summed E-state index contributed by atoms with van der Waals surface area (Å²) in [5.74, 6) is 4.56. The third-order valence-corrected chi connectivity index (χ3v) is 35.0. The van der Waals surface area contributed by atoms with E-state index in [0.29, 0.717) is 69.0 Å². The molecule has 5 N–H and O–H groups in total. The highest BCUT2D eigenvalue weighted by Crippen LogP contribution is 2.91. The lowest BCUT2D eigenvalue weighted by molar-refractivity contribution is -0.202. The summed E-state index contributed by atoms with van der Waals surface area (Å²) in [6.07, 6.45) is 16.0. The zero-order chi connectivity index (χ0) is 56.4. The average Bonchev–Trinajstić information content (AvgIpc) is 2.64. The van der Waals surface area contributed by atoms with Gasteiger partial charge in [-0.1, -0.05) is 104 Å². The number of rotatable bonds is 9. The number of hydrogen-bond donors (Lipinski definition) is 5. The molecule has 9 nitrogen and oxygen atoms in total. The first kappa shape index (κ1) is 60.7. The second-order valence-electron chi connectivity index (χ2n) is 33.8. The van der Waals surface area contributed by atoms with Gasteiger partial charge in [0.25, 0.3) is 0 Å². The Bertz CT molecular complexity index is 2290. The number of ether oxygens (including phenoxy) is 2. The predicted molar refractivity (Wildman–Crippen MR) is 314 cm³/mol. The van der Waals surface area contributed by atoms with Gasteiger partial charge in [-0.25, -0.2) is 0 Å². The van der Waals surface area contributed by atoms with Crippen molar-refractivity contribution in [3.05, 3.63) is 0 Å². The van der Waals surface area contributed by atoms with Crippen LogP contribution >= 0.6 is 0 Å². The van der Waals surface area contributed by atoms with E-state index < -0.39 is 43.9 Å². The van der Waals surface area contributed by atoms with Crippen LogP contribution in [0, 0.1) is 107 Å². The summed E-state index contributed by atoms with van der Waals surface area (Å²) in [6, 6.07) is 3.41. The minimum absolute atomic E-state index is 0. The molecule has 2 aliphatic heterocycles. The summed E-state index contributed by atoms with van der Waals surface area (Å²) >= 11 is 0. The van der Waals surface area contributed by atoms with Crippen LogP contribution in [-0.4, -0.2) is 99.7 Å². The van der Waals surface area contributed by atoms with Crippen molar-refractivity contribution in [1.29, 1.82) is 0 Å². The summed E-state index contributed by atoms with van der Waals surface area (Å²) in [7, 11) is -1.97. The Balaban J connectivity index is 0.000000177. The predicted octanol–water partition coefficient (Wildman–Crippen LogP) is 13.7. The Morgan fingerprint density at radius 1 is 0.615 bits per heavy atom. The minimum Gasteiger partial charge on any atom is -0.411 e. The molecule has 25 atom stereocenters. The smallest absolute Gasteiger partial charge is 0.192 e. The molecule has 12 rings (SSSR count). The standard InChI is InChI=1S/C37H64O4Si.C30H50O5.CH4/c1-12-42(13-2,14-3)41-31-29-28(23(4)21-25(40-29)30(38)33(8,9)39)34(10)19-20-37-22-36(37)18-17-24(5)32(6,7)26(36)15-16-27(37)35(31,34)11;1-16-14-17(23(32)26(4,5)34)35-22-21(16)27(6)12-13-30-15-29(30)11-10-20(31)25(2,3)18(29)8-9-19(30)28(27,7)24(22)33;/h23-29,31,39H,12-22H2,1-11H3;16-24,31-34H,8-15H2,1-7H3;1H4/t23-,24+,25-,26+,27+,28+,29+,31+,34-,35-,36?,37+;16-,17-,18+,19+,20+,21+,22+,23-,24+,27-,28-,29?,30+;/m11./s1. The van der Waals surface area contributed by atoms with Crippen molar-refractivity contribution in [3.63, 3.8) is 0 Å². The van der Waals surface area contributed by atoms with Gasteiger partial charge >= 0.3 is 0 Å². The highest BCUT2D eigenvalue weighted by Gasteiger charge is 2.87. The Morgan fingerprint density at radius 2 is 1.08 bits per heavy atom. The highest BCUT2D eigenvalue weighted by molar-refractivity contribution is 6.73. The Morgan fingerprint density at radius 3 is 1.60 bits per heavy atom. The number of fused-ring (bicyclic) bond motifs is 8. The van der Waals surface area contributed by atoms with E-state index >= 15 is 0 Å². The second kappa shape index (κ2) is 18.5. The van der Waals surface area contributed by atoms with Gasteiger partial charge in [-0.05, 0) is 245 Å². The molecule has 0 radical (unpaired) electrons. The van der Waals surface area contributed by atoms with Crippen molar-refractivity contribution in [2.75, 3.05) is 0 Å². The van der Waals surface area contributed by atoms with E-state index in [1.807, 2.05) is 0 Å². The van der Waals surface area contributed by atoms with Crippen molar-refractivity contribution in [1.82, 2.24) is 0 Å². The molecule has 78 heavy (non-hydrogen) atoms. The third kappa shape index (κ3) is 7.44. The molecule has 4 spiro atoms. The third-order valence-electron chi connectivity index (χ3n) is 30.4. The van der Waals surface area contributed by atoms with Gasteiger partial charge in [0.1, 0.15) is 17.8 Å². The molecular weight excluding hydrogens is 989 g/mol. The van der Waals surface area contributed by atoms with Gasteiger partial charge in [-0.15, -0.1) is 0 Å². The van der Waals surface area contributed by atoms with Crippen LogP contribution in [0.3, 0.4) is 0 Å². The number of hydrogen-bond acceptors (Lipinski definition) is 9. The lowest BCUT2D eigenvalue weighted by atomic mass is 9.41. The Hall–Kier alpha value is -0.433. The number of carbonyl (C=O) groups is 1. The van der Waals surface area contributed by atoms with Crippen LogP contribution in [0.25, 0.3) is 0 Å². The van der Waals surface area contributed by atoms with Crippen LogP contribution in [0.15, 0.2) is 0 Å². The molecule has 12 fully saturated rings. The van der Waals surface area contributed by atoms with Crippen LogP contribution in [0.1, 0.15) is 235 Å². The van der Waals surface area contributed by atoms with Crippen LogP contribution < -0.4 is 0 Å². The van der Waals surface area contributed by atoms with Gasteiger partial charge in [0.15, 0.2) is 14.1 Å². The lowest BCUT2D eigenvalue weighted by Crippen LogP contribution is -2.60. The Labute approximate surface area is 476 Å². The molecular formula is C68H118O9Si. The summed E-state index contributed by atoms with van der Waals surface area (Å²) in [4.78, 5) is 13.5. The zero-order valence-corrected chi connectivity index (χ0v) is 53.1. The first-order chi connectivity index (χ1) is 35.5. The van der Waals surface area contributed by atoms with Crippen LogP contribution in [0.5, 0.6) is 0 Å². The molecule has 448 valence electrons. The van der Waals surface area contributed by atoms with Gasteiger partial charge < -0.3 is 39.4 Å². The first-order valence-corrected chi connectivity index (χ1v) is 35.1. The number of aliphatic hydroxyl groups excluding tert-OH is 3. The molecule has 0 bridgehead atoms. The van der Waals surface area contributed by atoms with Crippen LogP contribution in [0.4, 0.5) is 0 Å². The van der Waals surface area contributed by atoms with Gasteiger partial charge in [0.2, 0.25) is 0 Å². The molecule has 0 aromatic carbocycles. The second-order valence-corrected chi connectivity index (χ2v) is 38.6. The summed E-state index contributed by atoms with van der Waals surface area (Å²) in [5.41, 5.74) is -0.683. The molecule has 2 heterocycles. The van der Waals surface area contributed by atoms with E-state index in [0.717, 1.165) is 68.5 Å². The molecule has 0 amide bonds. The molecule has 10 heteroatoms. The lowest BCUT2D eigenvalue weighted by Gasteiger charge is -2.64. The maximum absolute atomic E-state index is 13.5. The maximum Gasteiger partial charge on any atom is 0.192 e. The fourth-order valence-corrected chi connectivity index (χ4v) is 28.4. The number of carbonyl (C=O) groups excluding carboxylic acids is 1. The Kier molecular flexibility index (Phi) is 14.4. The number of Topliss-reactive ketones (excluding diaryl/α,β-unsaturated/α-hetero) is 1. The van der Waals surface area contributed by atoms with E-state index in [4.69, 9.17) is 13.9 Å². The number of aliphatic hydroxyl groups is 5. The van der Waals surface area contributed by atoms with Crippen molar-refractivity contribution in [2.45, 2.75) is 313 Å². The first-order valence-electron chi connectivity index (χ1n) is 32.5.